The largest absolute Gasteiger partial charge is 0.380 e. The number of hydrogen-bond donors (Lipinski definition) is 1. The minimum Gasteiger partial charge on any atom is -0.380 e. The molecule has 0 atom stereocenters. The lowest BCUT2D eigenvalue weighted by Crippen LogP contribution is -2.43. The number of pyridine rings is 1. The molecule has 0 saturated carbocycles. The summed E-state index contributed by atoms with van der Waals surface area (Å²) in [6.07, 6.45) is 7.56. The van der Waals surface area contributed by atoms with Crippen molar-refractivity contribution in [2.24, 2.45) is 5.92 Å². The summed E-state index contributed by atoms with van der Waals surface area (Å²) in [5.41, 5.74) is 1.09. The maximum Gasteiger partial charge on any atom is 0.328 e. The van der Waals surface area contributed by atoms with Gasteiger partial charge in [0.15, 0.2) is 5.82 Å². The van der Waals surface area contributed by atoms with E-state index >= 15 is 0 Å². The molecule has 27 heavy (non-hydrogen) atoms. The Morgan fingerprint density at radius 3 is 2.59 bits per heavy atom. The Hall–Kier alpha value is -2.50. The zero-order valence-electron chi connectivity index (χ0n) is 16.6. The zero-order chi connectivity index (χ0) is 19.2. The maximum absolute atomic E-state index is 12.5. The van der Waals surface area contributed by atoms with Gasteiger partial charge in [-0.3, -0.25) is 4.57 Å². The number of anilines is 2. The summed E-state index contributed by atoms with van der Waals surface area (Å²) in [6.45, 7) is 10.0. The van der Waals surface area contributed by atoms with E-state index in [-0.39, 0.29) is 6.03 Å². The molecule has 3 rings (SSSR count). The van der Waals surface area contributed by atoms with E-state index in [1.54, 1.807) is 4.57 Å². The van der Waals surface area contributed by atoms with E-state index in [1.807, 2.05) is 41.7 Å². The van der Waals surface area contributed by atoms with Gasteiger partial charge in [-0.2, -0.15) is 0 Å². The van der Waals surface area contributed by atoms with E-state index < -0.39 is 0 Å². The minimum atomic E-state index is 0.0824. The summed E-state index contributed by atoms with van der Waals surface area (Å²) < 4.78 is 1.66. The molecule has 0 radical (unpaired) electrons. The van der Waals surface area contributed by atoms with Gasteiger partial charge in [0.05, 0.1) is 5.69 Å². The van der Waals surface area contributed by atoms with Crippen LogP contribution >= 0.6 is 0 Å². The smallest absolute Gasteiger partial charge is 0.328 e. The number of nitrogens with zero attached hydrogens (tertiary/aromatic N) is 4. The number of carbonyl (C=O) groups excluding carboxylic acids is 1. The molecule has 0 unspecified atom stereocenters. The van der Waals surface area contributed by atoms with Gasteiger partial charge in [0.1, 0.15) is 0 Å². The number of amides is 1. The van der Waals surface area contributed by atoms with Gasteiger partial charge >= 0.3 is 6.03 Å². The fraction of sp³-hybridized carbons (Fsp3) is 0.524. The second kappa shape index (κ2) is 8.93. The van der Waals surface area contributed by atoms with Crippen molar-refractivity contribution in [2.45, 2.75) is 39.7 Å². The Balaban J connectivity index is 1.60. The van der Waals surface area contributed by atoms with Crippen LogP contribution < -0.4 is 10.2 Å². The number of piperidine rings is 1. The van der Waals surface area contributed by atoms with Crippen LogP contribution in [0.2, 0.25) is 0 Å². The SMILES string of the molecule is CCN(CC1CCN(C(=O)n2cccc2)CC1)c1ncccc1NC(C)C. The molecular weight excluding hydrogens is 338 g/mol. The third-order valence-corrected chi connectivity index (χ3v) is 5.10. The van der Waals surface area contributed by atoms with Crippen molar-refractivity contribution < 1.29 is 4.79 Å². The first-order valence-electron chi connectivity index (χ1n) is 9.97. The Bertz CT molecular complexity index is 720. The fourth-order valence-electron chi connectivity index (χ4n) is 3.68. The average Bonchev–Trinajstić information content (AvgIpc) is 3.21. The van der Waals surface area contributed by atoms with Crippen LogP contribution in [0.5, 0.6) is 0 Å². The molecule has 3 heterocycles. The monoisotopic (exact) mass is 369 g/mol. The number of aromatic nitrogens is 2. The molecule has 1 amide bonds. The number of hydrogen-bond acceptors (Lipinski definition) is 4. The van der Waals surface area contributed by atoms with Crippen LogP contribution in [0, 0.1) is 5.92 Å². The molecule has 0 spiro atoms. The van der Waals surface area contributed by atoms with Gasteiger partial charge in [0.2, 0.25) is 0 Å². The van der Waals surface area contributed by atoms with Crippen LogP contribution in [0.1, 0.15) is 33.6 Å². The third-order valence-electron chi connectivity index (χ3n) is 5.10. The Morgan fingerprint density at radius 1 is 1.26 bits per heavy atom. The highest BCUT2D eigenvalue weighted by Crippen LogP contribution is 2.27. The fourth-order valence-corrected chi connectivity index (χ4v) is 3.68. The van der Waals surface area contributed by atoms with Crippen molar-refractivity contribution in [1.82, 2.24) is 14.5 Å². The van der Waals surface area contributed by atoms with Gasteiger partial charge in [0, 0.05) is 50.8 Å². The van der Waals surface area contributed by atoms with E-state index in [0.717, 1.165) is 50.5 Å². The number of likely N-dealkylation sites (tertiary alicyclic amines) is 1. The van der Waals surface area contributed by atoms with Gasteiger partial charge in [-0.05, 0) is 63.8 Å². The van der Waals surface area contributed by atoms with Crippen LogP contribution in [0.4, 0.5) is 16.3 Å². The molecular formula is C21H31N5O. The van der Waals surface area contributed by atoms with Crippen LogP contribution in [-0.4, -0.2) is 52.7 Å². The molecule has 6 heteroatoms. The van der Waals surface area contributed by atoms with E-state index in [1.165, 1.54) is 0 Å². The normalized spacial score (nSPS) is 15.2. The van der Waals surface area contributed by atoms with Crippen LogP contribution in [-0.2, 0) is 0 Å². The minimum absolute atomic E-state index is 0.0824. The van der Waals surface area contributed by atoms with E-state index in [2.05, 4.69) is 42.0 Å². The zero-order valence-corrected chi connectivity index (χ0v) is 16.6. The highest BCUT2D eigenvalue weighted by Gasteiger charge is 2.25. The molecule has 1 aliphatic heterocycles. The molecule has 6 nitrogen and oxygen atoms in total. The molecule has 0 bridgehead atoms. The molecule has 2 aromatic rings. The Labute approximate surface area is 162 Å². The van der Waals surface area contributed by atoms with Crippen molar-refractivity contribution in [3.05, 3.63) is 42.9 Å². The van der Waals surface area contributed by atoms with Gasteiger partial charge < -0.3 is 15.1 Å². The van der Waals surface area contributed by atoms with Crippen LogP contribution in [0.3, 0.4) is 0 Å². The van der Waals surface area contributed by atoms with E-state index in [0.29, 0.717) is 12.0 Å². The van der Waals surface area contributed by atoms with Crippen molar-refractivity contribution in [3.8, 4) is 0 Å². The van der Waals surface area contributed by atoms with Crippen molar-refractivity contribution in [3.63, 3.8) is 0 Å². The van der Waals surface area contributed by atoms with E-state index in [4.69, 9.17) is 0 Å². The summed E-state index contributed by atoms with van der Waals surface area (Å²) in [5, 5.41) is 3.50. The summed E-state index contributed by atoms with van der Waals surface area (Å²) in [6, 6.07) is 8.31. The number of carbonyl (C=O) groups is 1. The van der Waals surface area contributed by atoms with Gasteiger partial charge in [-0.15, -0.1) is 0 Å². The topological polar surface area (TPSA) is 53.4 Å². The molecule has 0 aliphatic carbocycles. The lowest BCUT2D eigenvalue weighted by Gasteiger charge is -2.35. The lowest BCUT2D eigenvalue weighted by molar-refractivity contribution is 0.173. The van der Waals surface area contributed by atoms with Crippen molar-refractivity contribution in [1.29, 1.82) is 0 Å². The van der Waals surface area contributed by atoms with Gasteiger partial charge in [-0.1, -0.05) is 0 Å². The van der Waals surface area contributed by atoms with Crippen LogP contribution in [0.15, 0.2) is 42.9 Å². The Kier molecular flexibility index (Phi) is 6.37. The second-order valence-electron chi connectivity index (χ2n) is 7.52. The molecule has 0 aromatic carbocycles. The molecule has 146 valence electrons. The Morgan fingerprint density at radius 2 is 1.96 bits per heavy atom. The molecule has 1 N–H and O–H groups in total. The van der Waals surface area contributed by atoms with Gasteiger partial charge in [0.25, 0.3) is 0 Å². The second-order valence-corrected chi connectivity index (χ2v) is 7.52. The molecule has 1 fully saturated rings. The lowest BCUT2D eigenvalue weighted by atomic mass is 9.96. The number of rotatable bonds is 6. The first-order chi connectivity index (χ1) is 13.1. The number of nitrogens with one attached hydrogen (secondary N) is 1. The third kappa shape index (κ3) is 4.81. The van der Waals surface area contributed by atoms with E-state index in [9.17, 15) is 4.79 Å². The summed E-state index contributed by atoms with van der Waals surface area (Å²) in [7, 11) is 0. The van der Waals surface area contributed by atoms with Crippen molar-refractivity contribution >= 4 is 17.5 Å². The summed E-state index contributed by atoms with van der Waals surface area (Å²) >= 11 is 0. The summed E-state index contributed by atoms with van der Waals surface area (Å²) in [4.78, 5) is 21.4. The van der Waals surface area contributed by atoms with Crippen molar-refractivity contribution in [2.75, 3.05) is 36.4 Å². The molecule has 1 saturated heterocycles. The van der Waals surface area contributed by atoms with Crippen LogP contribution in [0.25, 0.3) is 0 Å². The summed E-state index contributed by atoms with van der Waals surface area (Å²) in [5.74, 6) is 1.60. The molecule has 2 aromatic heterocycles. The highest BCUT2D eigenvalue weighted by atomic mass is 16.2. The predicted octanol–water partition coefficient (Wildman–Crippen LogP) is 3.91. The van der Waals surface area contributed by atoms with Gasteiger partial charge in [-0.25, -0.2) is 9.78 Å². The quantitative estimate of drug-likeness (QED) is 0.839. The predicted molar refractivity (Wildman–Crippen MR) is 110 cm³/mol. The average molecular weight is 370 g/mol. The first kappa shape index (κ1) is 19.3. The highest BCUT2D eigenvalue weighted by molar-refractivity contribution is 5.77. The standard InChI is InChI=1S/C21H31N5O/c1-4-24(20-19(23-17(2)3)8-7-11-22-20)16-18-9-14-26(15-10-18)21(27)25-12-5-6-13-25/h5-8,11-13,17-18,23H,4,9-10,14-16H2,1-3H3. The maximum atomic E-state index is 12.5. The first-order valence-corrected chi connectivity index (χ1v) is 9.97. The molecule has 1 aliphatic rings.